The molecule has 116 valence electrons. The normalized spacial score (nSPS) is 13.4. The van der Waals surface area contributed by atoms with Gasteiger partial charge in [-0.05, 0) is 17.7 Å². The van der Waals surface area contributed by atoms with Crippen molar-refractivity contribution < 1.29 is 22.6 Å². The minimum absolute atomic E-state index is 0.125. The van der Waals surface area contributed by atoms with E-state index in [1.807, 2.05) is 12.1 Å². The molecule has 0 amide bonds. The van der Waals surface area contributed by atoms with Crippen LogP contribution >= 0.6 is 0 Å². The quantitative estimate of drug-likeness (QED) is 0.933. The first kappa shape index (κ1) is 14.7. The van der Waals surface area contributed by atoms with Crippen LogP contribution in [0, 0.1) is 0 Å². The molecule has 0 bridgehead atoms. The third-order valence-corrected chi connectivity index (χ3v) is 3.43. The molecule has 1 aliphatic rings. The molecule has 1 heterocycles. The smallest absolute Gasteiger partial charge is 0.416 e. The first-order valence-electron chi connectivity index (χ1n) is 6.79. The zero-order valence-electron chi connectivity index (χ0n) is 11.6. The Morgan fingerprint density at radius 1 is 0.909 bits per heavy atom. The van der Waals surface area contributed by atoms with Gasteiger partial charge < -0.3 is 14.8 Å². The number of para-hydroxylation sites is 1. The summed E-state index contributed by atoms with van der Waals surface area (Å²) in [6, 6.07) is 11.0. The highest BCUT2D eigenvalue weighted by atomic mass is 19.4. The highest BCUT2D eigenvalue weighted by Gasteiger charge is 2.32. The Labute approximate surface area is 125 Å². The van der Waals surface area contributed by atoms with Gasteiger partial charge in [0.1, 0.15) is 0 Å². The highest BCUT2D eigenvalue weighted by molar-refractivity contribution is 5.48. The zero-order valence-corrected chi connectivity index (χ0v) is 11.6. The van der Waals surface area contributed by atoms with Crippen LogP contribution in [-0.2, 0) is 19.3 Å². The second-order valence-electron chi connectivity index (χ2n) is 4.91. The second-order valence-corrected chi connectivity index (χ2v) is 4.91. The van der Waals surface area contributed by atoms with Gasteiger partial charge in [0.15, 0.2) is 11.5 Å². The van der Waals surface area contributed by atoms with Crippen LogP contribution in [-0.4, -0.2) is 6.79 Å². The number of rotatable bonds is 4. The van der Waals surface area contributed by atoms with E-state index in [1.54, 1.807) is 12.1 Å². The molecule has 1 aliphatic heterocycles. The molecule has 2 aromatic carbocycles. The molecule has 3 nitrogen and oxygen atoms in total. The Kier molecular flexibility index (Phi) is 3.94. The number of nitrogens with one attached hydrogen (secondary N) is 1. The van der Waals surface area contributed by atoms with E-state index in [9.17, 15) is 13.2 Å². The van der Waals surface area contributed by atoms with Crippen molar-refractivity contribution in [3.63, 3.8) is 0 Å². The summed E-state index contributed by atoms with van der Waals surface area (Å²) in [6.45, 7) is 0.697. The third kappa shape index (κ3) is 3.01. The minimum Gasteiger partial charge on any atom is -0.454 e. The maximum absolute atomic E-state index is 12.9. The average Bonchev–Trinajstić information content (AvgIpc) is 2.96. The van der Waals surface area contributed by atoms with E-state index in [-0.39, 0.29) is 18.9 Å². The van der Waals surface area contributed by atoms with Gasteiger partial charge in [0.25, 0.3) is 0 Å². The van der Waals surface area contributed by atoms with Crippen molar-refractivity contribution in [2.75, 3.05) is 6.79 Å². The predicted molar refractivity (Wildman–Crippen MR) is 74.6 cm³/mol. The summed E-state index contributed by atoms with van der Waals surface area (Å²) in [5, 5.41) is 3.02. The van der Waals surface area contributed by atoms with Crippen molar-refractivity contribution in [2.45, 2.75) is 19.3 Å². The fourth-order valence-corrected chi connectivity index (χ4v) is 2.41. The summed E-state index contributed by atoms with van der Waals surface area (Å²) < 4.78 is 49.4. The van der Waals surface area contributed by atoms with Crippen molar-refractivity contribution in [1.82, 2.24) is 5.32 Å². The standard InChI is InChI=1S/C16H14F3NO2/c17-16(18,19)13-6-2-1-4-11(13)8-20-9-12-5-3-7-14-15(12)22-10-21-14/h1-7,20H,8-10H2. The molecule has 0 aliphatic carbocycles. The lowest BCUT2D eigenvalue weighted by Crippen LogP contribution is -2.17. The Morgan fingerprint density at radius 3 is 2.45 bits per heavy atom. The molecule has 0 spiro atoms. The molecule has 3 rings (SSSR count). The van der Waals surface area contributed by atoms with Crippen LogP contribution < -0.4 is 14.8 Å². The predicted octanol–water partition coefficient (Wildman–Crippen LogP) is 3.72. The van der Waals surface area contributed by atoms with Gasteiger partial charge in [-0.3, -0.25) is 0 Å². The number of halogens is 3. The first-order valence-corrected chi connectivity index (χ1v) is 6.79. The molecule has 0 saturated carbocycles. The summed E-state index contributed by atoms with van der Waals surface area (Å²) >= 11 is 0. The van der Waals surface area contributed by atoms with Gasteiger partial charge in [0.2, 0.25) is 6.79 Å². The van der Waals surface area contributed by atoms with Crippen LogP contribution in [0.2, 0.25) is 0 Å². The molecule has 0 fully saturated rings. The number of hydrogen-bond donors (Lipinski definition) is 1. The molecular weight excluding hydrogens is 295 g/mol. The topological polar surface area (TPSA) is 30.5 Å². The lowest BCUT2D eigenvalue weighted by atomic mass is 10.1. The van der Waals surface area contributed by atoms with E-state index in [0.717, 1.165) is 11.6 Å². The van der Waals surface area contributed by atoms with Crippen LogP contribution in [0.4, 0.5) is 13.2 Å². The van der Waals surface area contributed by atoms with Gasteiger partial charge in [-0.1, -0.05) is 30.3 Å². The number of ether oxygens (including phenoxy) is 2. The number of fused-ring (bicyclic) bond motifs is 1. The largest absolute Gasteiger partial charge is 0.454 e. The molecule has 0 saturated heterocycles. The molecule has 0 unspecified atom stereocenters. The Morgan fingerprint density at radius 2 is 1.64 bits per heavy atom. The van der Waals surface area contributed by atoms with Crippen LogP contribution in [0.25, 0.3) is 0 Å². The molecule has 0 atom stereocenters. The zero-order chi connectivity index (χ0) is 15.6. The second kappa shape index (κ2) is 5.88. The van der Waals surface area contributed by atoms with E-state index in [4.69, 9.17) is 9.47 Å². The van der Waals surface area contributed by atoms with Gasteiger partial charge in [0.05, 0.1) is 5.56 Å². The van der Waals surface area contributed by atoms with Crippen LogP contribution in [0.15, 0.2) is 42.5 Å². The number of alkyl halides is 3. The van der Waals surface area contributed by atoms with E-state index < -0.39 is 11.7 Å². The third-order valence-electron chi connectivity index (χ3n) is 3.43. The van der Waals surface area contributed by atoms with E-state index in [0.29, 0.717) is 18.0 Å². The summed E-state index contributed by atoms with van der Waals surface area (Å²) in [5.74, 6) is 1.31. The Bertz CT molecular complexity index is 671. The Balaban J connectivity index is 1.69. The summed E-state index contributed by atoms with van der Waals surface area (Å²) in [4.78, 5) is 0. The van der Waals surface area contributed by atoms with Gasteiger partial charge in [-0.15, -0.1) is 0 Å². The highest BCUT2D eigenvalue weighted by Crippen LogP contribution is 2.35. The van der Waals surface area contributed by atoms with Crippen molar-refractivity contribution in [3.8, 4) is 11.5 Å². The number of hydrogen-bond acceptors (Lipinski definition) is 3. The minimum atomic E-state index is -4.34. The maximum atomic E-state index is 12.9. The van der Waals surface area contributed by atoms with E-state index >= 15 is 0 Å². The van der Waals surface area contributed by atoms with E-state index in [1.165, 1.54) is 12.1 Å². The van der Waals surface area contributed by atoms with Crippen molar-refractivity contribution in [1.29, 1.82) is 0 Å². The van der Waals surface area contributed by atoms with Gasteiger partial charge >= 0.3 is 6.18 Å². The Hall–Kier alpha value is -2.21. The SMILES string of the molecule is FC(F)(F)c1ccccc1CNCc1cccc2c1OCO2. The van der Waals surface area contributed by atoms with Gasteiger partial charge in [0, 0.05) is 18.7 Å². The molecule has 0 aromatic heterocycles. The summed E-state index contributed by atoms with van der Waals surface area (Å²) in [5.41, 5.74) is 0.472. The van der Waals surface area contributed by atoms with Gasteiger partial charge in [-0.2, -0.15) is 13.2 Å². The average molecular weight is 309 g/mol. The molecular formula is C16H14F3NO2. The summed E-state index contributed by atoms with van der Waals surface area (Å²) in [6.07, 6.45) is -4.34. The summed E-state index contributed by atoms with van der Waals surface area (Å²) in [7, 11) is 0. The van der Waals surface area contributed by atoms with Crippen LogP contribution in [0.1, 0.15) is 16.7 Å². The van der Waals surface area contributed by atoms with Crippen molar-refractivity contribution in [2.24, 2.45) is 0 Å². The van der Waals surface area contributed by atoms with Crippen molar-refractivity contribution >= 4 is 0 Å². The molecule has 1 N–H and O–H groups in total. The van der Waals surface area contributed by atoms with Gasteiger partial charge in [-0.25, -0.2) is 0 Å². The first-order chi connectivity index (χ1) is 10.6. The molecule has 0 radical (unpaired) electrons. The lowest BCUT2D eigenvalue weighted by Gasteiger charge is -2.13. The molecule has 2 aromatic rings. The fourth-order valence-electron chi connectivity index (χ4n) is 2.41. The van der Waals surface area contributed by atoms with Crippen LogP contribution in [0.3, 0.4) is 0 Å². The maximum Gasteiger partial charge on any atom is 0.416 e. The fraction of sp³-hybridized carbons (Fsp3) is 0.250. The lowest BCUT2D eigenvalue weighted by molar-refractivity contribution is -0.138. The number of benzene rings is 2. The molecule has 22 heavy (non-hydrogen) atoms. The molecule has 6 heteroatoms. The van der Waals surface area contributed by atoms with E-state index in [2.05, 4.69) is 5.32 Å². The van der Waals surface area contributed by atoms with Crippen LogP contribution in [0.5, 0.6) is 11.5 Å². The van der Waals surface area contributed by atoms with Crippen molar-refractivity contribution in [3.05, 3.63) is 59.2 Å². The monoisotopic (exact) mass is 309 g/mol.